The van der Waals surface area contributed by atoms with Crippen molar-refractivity contribution in [2.24, 2.45) is 0 Å². The molecular weight excluding hydrogens is 320 g/mol. The number of hydrogen-bond donors (Lipinski definition) is 1. The van der Waals surface area contributed by atoms with Gasteiger partial charge in [-0.15, -0.1) is 6.58 Å². The van der Waals surface area contributed by atoms with Crippen LogP contribution < -0.4 is 5.32 Å². The van der Waals surface area contributed by atoms with Crippen molar-refractivity contribution in [1.29, 1.82) is 0 Å². The predicted molar refractivity (Wildman–Crippen MR) is 108 cm³/mol. The number of rotatable bonds is 5. The van der Waals surface area contributed by atoms with Crippen LogP contribution in [0, 0.1) is 0 Å². The normalized spacial score (nSPS) is 12.4. The van der Waals surface area contributed by atoms with Crippen molar-refractivity contribution in [3.63, 3.8) is 0 Å². The average molecular weight is 346 g/mol. The molecule has 0 radical (unpaired) electrons. The maximum Gasteiger partial charge on any atom is 0.317 e. The standard InChI is InChI=1S/C23H26N2O/c1-3-16-24-23(26)25(2)17-8-13-22-20-11-6-4-9-18(20)14-15-19-10-5-7-12-21(19)22/h3-7,9-13H,1,8,14-17H2,2H3,(H,24,26). The first kappa shape index (κ1) is 18.0. The van der Waals surface area contributed by atoms with E-state index in [1.807, 2.05) is 7.05 Å². The van der Waals surface area contributed by atoms with Crippen LogP contribution in [0.4, 0.5) is 4.79 Å². The number of aryl methyl sites for hydroxylation is 2. The molecule has 26 heavy (non-hydrogen) atoms. The van der Waals surface area contributed by atoms with E-state index >= 15 is 0 Å². The zero-order chi connectivity index (χ0) is 18.4. The zero-order valence-electron chi connectivity index (χ0n) is 15.4. The largest absolute Gasteiger partial charge is 0.335 e. The first-order valence-electron chi connectivity index (χ1n) is 9.17. The minimum atomic E-state index is -0.0648. The highest BCUT2D eigenvalue weighted by Gasteiger charge is 2.17. The van der Waals surface area contributed by atoms with Crippen molar-refractivity contribution in [1.82, 2.24) is 10.2 Å². The third-order valence-electron chi connectivity index (χ3n) is 4.84. The molecule has 2 amide bonds. The van der Waals surface area contributed by atoms with E-state index in [1.54, 1.807) is 11.0 Å². The van der Waals surface area contributed by atoms with Crippen LogP contribution in [0.1, 0.15) is 28.7 Å². The molecule has 2 aromatic carbocycles. The summed E-state index contributed by atoms with van der Waals surface area (Å²) in [5, 5.41) is 2.81. The Bertz CT molecular complexity index is 773. The molecule has 0 aliphatic heterocycles. The summed E-state index contributed by atoms with van der Waals surface area (Å²) in [5.74, 6) is 0. The Morgan fingerprint density at radius 3 is 2.23 bits per heavy atom. The highest BCUT2D eigenvalue weighted by molar-refractivity contribution is 5.84. The van der Waals surface area contributed by atoms with Crippen molar-refractivity contribution in [2.45, 2.75) is 19.3 Å². The molecule has 0 fully saturated rings. The summed E-state index contributed by atoms with van der Waals surface area (Å²) >= 11 is 0. The highest BCUT2D eigenvalue weighted by Crippen LogP contribution is 2.33. The van der Waals surface area contributed by atoms with Crippen molar-refractivity contribution >= 4 is 11.6 Å². The van der Waals surface area contributed by atoms with Crippen LogP contribution in [0.25, 0.3) is 5.57 Å². The number of nitrogens with zero attached hydrogens (tertiary/aromatic N) is 1. The number of hydrogen-bond acceptors (Lipinski definition) is 1. The number of urea groups is 1. The number of carbonyl (C=O) groups is 1. The molecule has 0 saturated heterocycles. The quantitative estimate of drug-likeness (QED) is 0.798. The van der Waals surface area contributed by atoms with Crippen LogP contribution in [0.5, 0.6) is 0 Å². The van der Waals surface area contributed by atoms with Crippen LogP contribution in [0.15, 0.2) is 67.3 Å². The number of fused-ring (bicyclic) bond motifs is 2. The molecule has 0 unspecified atom stereocenters. The Labute approximate surface area is 156 Å². The predicted octanol–water partition coefficient (Wildman–Crippen LogP) is 4.43. The highest BCUT2D eigenvalue weighted by atomic mass is 16.2. The van der Waals surface area contributed by atoms with Gasteiger partial charge in [-0.3, -0.25) is 0 Å². The molecular formula is C23H26N2O. The molecule has 0 spiro atoms. The van der Waals surface area contributed by atoms with E-state index in [9.17, 15) is 4.79 Å². The van der Waals surface area contributed by atoms with Gasteiger partial charge in [0.1, 0.15) is 0 Å². The van der Waals surface area contributed by atoms with Gasteiger partial charge in [-0.2, -0.15) is 0 Å². The van der Waals surface area contributed by atoms with E-state index in [-0.39, 0.29) is 6.03 Å². The number of carbonyl (C=O) groups excluding carboxylic acids is 1. The molecule has 1 aliphatic rings. The molecule has 0 bridgehead atoms. The fourth-order valence-electron chi connectivity index (χ4n) is 3.43. The van der Waals surface area contributed by atoms with Gasteiger partial charge in [0.05, 0.1) is 0 Å². The Balaban J connectivity index is 1.83. The zero-order valence-corrected chi connectivity index (χ0v) is 15.4. The molecule has 1 aliphatic carbocycles. The molecule has 134 valence electrons. The van der Waals surface area contributed by atoms with Crippen molar-refractivity contribution in [3.05, 3.63) is 89.5 Å². The van der Waals surface area contributed by atoms with Gasteiger partial charge in [0.2, 0.25) is 0 Å². The number of benzene rings is 2. The monoisotopic (exact) mass is 346 g/mol. The van der Waals surface area contributed by atoms with Gasteiger partial charge in [0.15, 0.2) is 0 Å². The lowest BCUT2D eigenvalue weighted by molar-refractivity contribution is 0.211. The Morgan fingerprint density at radius 1 is 1.08 bits per heavy atom. The summed E-state index contributed by atoms with van der Waals surface area (Å²) in [4.78, 5) is 13.7. The molecule has 3 nitrogen and oxygen atoms in total. The lowest BCUT2D eigenvalue weighted by Gasteiger charge is -2.17. The lowest BCUT2D eigenvalue weighted by atomic mass is 9.93. The molecule has 0 saturated carbocycles. The minimum Gasteiger partial charge on any atom is -0.335 e. The van der Waals surface area contributed by atoms with Crippen molar-refractivity contribution in [2.75, 3.05) is 20.1 Å². The third kappa shape index (κ3) is 4.05. The van der Waals surface area contributed by atoms with E-state index < -0.39 is 0 Å². The number of amides is 2. The second-order valence-corrected chi connectivity index (χ2v) is 6.62. The molecule has 2 aromatic rings. The first-order valence-corrected chi connectivity index (χ1v) is 9.17. The van der Waals surface area contributed by atoms with E-state index in [1.165, 1.54) is 27.8 Å². The van der Waals surface area contributed by atoms with Crippen LogP contribution >= 0.6 is 0 Å². The fraction of sp³-hybridized carbons (Fsp3) is 0.261. The fourth-order valence-corrected chi connectivity index (χ4v) is 3.43. The molecule has 0 aromatic heterocycles. The van der Waals surface area contributed by atoms with Gasteiger partial charge in [-0.25, -0.2) is 4.79 Å². The summed E-state index contributed by atoms with van der Waals surface area (Å²) in [6.45, 7) is 4.79. The molecule has 0 heterocycles. The maximum absolute atomic E-state index is 12.0. The van der Waals surface area contributed by atoms with Crippen LogP contribution in [0.3, 0.4) is 0 Å². The molecule has 3 rings (SSSR count). The van der Waals surface area contributed by atoms with Crippen LogP contribution in [-0.4, -0.2) is 31.1 Å². The molecule has 3 heteroatoms. The van der Waals surface area contributed by atoms with Gasteiger partial charge in [0, 0.05) is 20.1 Å². The van der Waals surface area contributed by atoms with E-state index in [2.05, 4.69) is 66.5 Å². The van der Waals surface area contributed by atoms with Gasteiger partial charge in [-0.05, 0) is 47.1 Å². The first-order chi connectivity index (χ1) is 12.7. The van der Waals surface area contributed by atoms with Crippen LogP contribution in [-0.2, 0) is 12.8 Å². The van der Waals surface area contributed by atoms with Gasteiger partial charge >= 0.3 is 6.03 Å². The van der Waals surface area contributed by atoms with Crippen LogP contribution in [0.2, 0.25) is 0 Å². The number of nitrogens with one attached hydrogen (secondary N) is 1. The maximum atomic E-state index is 12.0. The second-order valence-electron chi connectivity index (χ2n) is 6.62. The Morgan fingerprint density at radius 2 is 1.65 bits per heavy atom. The third-order valence-corrected chi connectivity index (χ3v) is 4.84. The second kappa shape index (κ2) is 8.52. The van der Waals surface area contributed by atoms with Crippen molar-refractivity contribution in [3.8, 4) is 0 Å². The summed E-state index contributed by atoms with van der Waals surface area (Å²) in [6.07, 6.45) is 6.91. The molecule has 1 N–H and O–H groups in total. The van der Waals surface area contributed by atoms with Gasteiger partial charge in [-0.1, -0.05) is 60.7 Å². The van der Waals surface area contributed by atoms with Crippen molar-refractivity contribution < 1.29 is 4.79 Å². The van der Waals surface area contributed by atoms with E-state index in [4.69, 9.17) is 0 Å². The lowest BCUT2D eigenvalue weighted by Crippen LogP contribution is -2.37. The molecule has 0 atom stereocenters. The summed E-state index contributed by atoms with van der Waals surface area (Å²) < 4.78 is 0. The Hall–Kier alpha value is -2.81. The average Bonchev–Trinajstić information content (AvgIpc) is 2.83. The van der Waals surface area contributed by atoms with Gasteiger partial charge in [0.25, 0.3) is 0 Å². The van der Waals surface area contributed by atoms with Gasteiger partial charge < -0.3 is 10.2 Å². The minimum absolute atomic E-state index is 0.0648. The van der Waals surface area contributed by atoms with E-state index in [0.29, 0.717) is 13.1 Å². The summed E-state index contributed by atoms with van der Waals surface area (Å²) in [7, 11) is 1.83. The smallest absolute Gasteiger partial charge is 0.317 e. The topological polar surface area (TPSA) is 32.3 Å². The summed E-state index contributed by atoms with van der Waals surface area (Å²) in [6, 6.07) is 17.3. The summed E-state index contributed by atoms with van der Waals surface area (Å²) in [5.41, 5.74) is 6.71. The SMILES string of the molecule is C=CCNC(=O)N(C)CCC=C1c2ccccc2CCc2ccccc21. The van der Waals surface area contributed by atoms with E-state index in [0.717, 1.165) is 19.3 Å². The Kier molecular flexibility index (Phi) is 5.90.